The fourth-order valence-electron chi connectivity index (χ4n) is 1.72. The van der Waals surface area contributed by atoms with Crippen molar-refractivity contribution in [2.24, 2.45) is 0 Å². The van der Waals surface area contributed by atoms with Gasteiger partial charge >= 0.3 is 0 Å². The number of sulfonamides is 1. The highest BCUT2D eigenvalue weighted by Gasteiger charge is 2.37. The molecule has 6 heteroatoms. The molecule has 0 bridgehead atoms. The summed E-state index contributed by atoms with van der Waals surface area (Å²) in [7, 11) is -3.10. The van der Waals surface area contributed by atoms with E-state index in [1.165, 1.54) is 4.31 Å². The first-order valence-corrected chi connectivity index (χ1v) is 7.75. The van der Waals surface area contributed by atoms with Gasteiger partial charge in [0.2, 0.25) is 10.0 Å². The highest BCUT2D eigenvalue weighted by molar-refractivity contribution is 9.09. The second-order valence-corrected chi connectivity index (χ2v) is 7.25. The van der Waals surface area contributed by atoms with Gasteiger partial charge in [0.05, 0.1) is 17.5 Å². The monoisotopic (exact) mass is 299 g/mol. The van der Waals surface area contributed by atoms with Gasteiger partial charge in [0.15, 0.2) is 0 Å². The second-order valence-electron chi connectivity index (χ2n) is 4.35. The summed E-state index contributed by atoms with van der Waals surface area (Å²) in [6.07, 6.45) is -0.0601. The van der Waals surface area contributed by atoms with Crippen molar-refractivity contribution in [3.63, 3.8) is 0 Å². The van der Waals surface area contributed by atoms with Gasteiger partial charge in [-0.15, -0.1) is 0 Å². The average Bonchev–Trinajstić information content (AvgIpc) is 2.15. The summed E-state index contributed by atoms with van der Waals surface area (Å²) in [5.41, 5.74) is -0.404. The molecule has 0 radical (unpaired) electrons. The summed E-state index contributed by atoms with van der Waals surface area (Å²) in [4.78, 5) is 0. The topological polar surface area (TPSA) is 46.6 Å². The van der Waals surface area contributed by atoms with Gasteiger partial charge in [-0.2, -0.15) is 4.31 Å². The summed E-state index contributed by atoms with van der Waals surface area (Å²) >= 11 is 3.33. The maximum absolute atomic E-state index is 11.8. The summed E-state index contributed by atoms with van der Waals surface area (Å²) in [5, 5.41) is 0.659. The van der Waals surface area contributed by atoms with Crippen LogP contribution < -0.4 is 0 Å². The Balaban J connectivity index is 2.84. The molecule has 0 aromatic heterocycles. The first kappa shape index (κ1) is 13.4. The summed E-state index contributed by atoms with van der Waals surface area (Å²) in [6, 6.07) is 0. The predicted molar refractivity (Wildman–Crippen MR) is 63.8 cm³/mol. The molecule has 90 valence electrons. The Labute approximate surface area is 100 Å². The second kappa shape index (κ2) is 4.69. The van der Waals surface area contributed by atoms with Gasteiger partial charge in [-0.3, -0.25) is 0 Å². The molecule has 1 rings (SSSR count). The lowest BCUT2D eigenvalue weighted by Gasteiger charge is -2.41. The number of alkyl halides is 1. The van der Waals surface area contributed by atoms with Gasteiger partial charge in [0.25, 0.3) is 0 Å². The minimum Gasteiger partial charge on any atom is -0.369 e. The van der Waals surface area contributed by atoms with E-state index >= 15 is 0 Å². The van der Waals surface area contributed by atoms with Crippen LogP contribution in [0.4, 0.5) is 0 Å². The minimum atomic E-state index is -3.10. The zero-order valence-corrected chi connectivity index (χ0v) is 11.8. The molecule has 0 N–H and O–H groups in total. The molecule has 0 saturated carbocycles. The number of morpholine rings is 1. The maximum atomic E-state index is 11.8. The molecule has 0 aliphatic carbocycles. The van der Waals surface area contributed by atoms with Crippen LogP contribution in [0.25, 0.3) is 0 Å². The third-order valence-electron chi connectivity index (χ3n) is 2.38. The molecular weight excluding hydrogens is 282 g/mol. The van der Waals surface area contributed by atoms with Crippen LogP contribution in [0.1, 0.15) is 20.8 Å². The average molecular weight is 300 g/mol. The van der Waals surface area contributed by atoms with Crippen LogP contribution in [0, 0.1) is 0 Å². The van der Waals surface area contributed by atoms with Crippen LogP contribution in [-0.2, 0) is 14.8 Å². The largest absolute Gasteiger partial charge is 0.369 e. The van der Waals surface area contributed by atoms with E-state index in [4.69, 9.17) is 4.74 Å². The highest BCUT2D eigenvalue weighted by atomic mass is 79.9. The van der Waals surface area contributed by atoms with E-state index < -0.39 is 15.6 Å². The lowest BCUT2D eigenvalue weighted by Crippen LogP contribution is -2.55. The molecule has 1 heterocycles. The zero-order valence-electron chi connectivity index (χ0n) is 9.36. The highest BCUT2D eigenvalue weighted by Crippen LogP contribution is 2.24. The molecule has 15 heavy (non-hydrogen) atoms. The lowest BCUT2D eigenvalue weighted by molar-refractivity contribution is -0.106. The number of hydrogen-bond acceptors (Lipinski definition) is 3. The fraction of sp³-hybridized carbons (Fsp3) is 1.00. The van der Waals surface area contributed by atoms with E-state index in [1.807, 2.05) is 13.8 Å². The Morgan fingerprint density at radius 3 is 2.60 bits per heavy atom. The van der Waals surface area contributed by atoms with Crippen molar-refractivity contribution < 1.29 is 13.2 Å². The van der Waals surface area contributed by atoms with E-state index in [0.29, 0.717) is 18.4 Å². The van der Waals surface area contributed by atoms with E-state index in [9.17, 15) is 8.42 Å². The number of nitrogens with zero attached hydrogens (tertiary/aromatic N) is 1. The van der Waals surface area contributed by atoms with Gasteiger partial charge in [-0.05, 0) is 20.8 Å². The van der Waals surface area contributed by atoms with E-state index in [1.54, 1.807) is 6.92 Å². The number of halogens is 1. The third-order valence-corrected chi connectivity index (χ3v) is 4.90. The van der Waals surface area contributed by atoms with Crippen molar-refractivity contribution in [1.29, 1.82) is 0 Å². The van der Waals surface area contributed by atoms with Gasteiger partial charge in [-0.25, -0.2) is 8.42 Å². The van der Waals surface area contributed by atoms with E-state index in [0.717, 1.165) is 0 Å². The smallest absolute Gasteiger partial charge is 0.214 e. The Kier molecular flexibility index (Phi) is 4.20. The first-order chi connectivity index (χ1) is 6.80. The molecule has 1 unspecified atom stereocenters. The molecule has 0 aromatic rings. The summed E-state index contributed by atoms with van der Waals surface area (Å²) in [6.45, 7) is 6.39. The number of ether oxygens (including phenoxy) is 1. The molecule has 1 fully saturated rings. The van der Waals surface area contributed by atoms with Crippen LogP contribution in [0.15, 0.2) is 0 Å². The van der Waals surface area contributed by atoms with Crippen LogP contribution in [-0.4, -0.2) is 48.6 Å². The molecule has 0 spiro atoms. The molecule has 1 saturated heterocycles. The Bertz CT molecular complexity index is 315. The van der Waals surface area contributed by atoms with E-state index in [-0.39, 0.29) is 11.9 Å². The Morgan fingerprint density at radius 2 is 2.13 bits per heavy atom. The molecule has 1 atom stereocenters. The Morgan fingerprint density at radius 1 is 1.53 bits per heavy atom. The first-order valence-electron chi connectivity index (χ1n) is 5.02. The quantitative estimate of drug-likeness (QED) is 0.736. The van der Waals surface area contributed by atoms with Gasteiger partial charge in [0.1, 0.15) is 0 Å². The SMILES string of the molecule is CCS(=O)(=O)N1CC(CBr)OC(C)(C)C1. The molecule has 0 aromatic carbocycles. The standard InChI is InChI=1S/C9H18BrNO3S/c1-4-15(12,13)11-6-8(5-10)14-9(2,3)7-11/h8H,4-7H2,1-3H3. The summed E-state index contributed by atoms with van der Waals surface area (Å²) < 4.78 is 30.8. The Hall–Kier alpha value is 0.350. The molecule has 0 amide bonds. The van der Waals surface area contributed by atoms with E-state index in [2.05, 4.69) is 15.9 Å². The third kappa shape index (κ3) is 3.41. The molecule has 4 nitrogen and oxygen atoms in total. The van der Waals surface area contributed by atoms with Crippen molar-refractivity contribution in [3.05, 3.63) is 0 Å². The van der Waals surface area contributed by atoms with Crippen LogP contribution in [0.2, 0.25) is 0 Å². The van der Waals surface area contributed by atoms with Gasteiger partial charge in [0, 0.05) is 18.4 Å². The predicted octanol–water partition coefficient (Wildman–Crippen LogP) is 1.21. The zero-order chi connectivity index (χ0) is 11.7. The molecular formula is C9H18BrNO3S. The van der Waals surface area contributed by atoms with Crippen molar-refractivity contribution in [2.75, 3.05) is 24.2 Å². The van der Waals surface area contributed by atoms with Crippen LogP contribution >= 0.6 is 15.9 Å². The van der Waals surface area contributed by atoms with Crippen molar-refractivity contribution >= 4 is 26.0 Å². The normalized spacial score (nSPS) is 27.9. The van der Waals surface area contributed by atoms with Gasteiger partial charge in [-0.1, -0.05) is 15.9 Å². The van der Waals surface area contributed by atoms with Crippen molar-refractivity contribution in [3.8, 4) is 0 Å². The van der Waals surface area contributed by atoms with Crippen molar-refractivity contribution in [1.82, 2.24) is 4.31 Å². The number of rotatable bonds is 3. The minimum absolute atomic E-state index is 0.0601. The fourth-order valence-corrected chi connectivity index (χ4v) is 3.32. The molecule has 1 aliphatic heterocycles. The lowest BCUT2D eigenvalue weighted by atomic mass is 10.1. The van der Waals surface area contributed by atoms with Gasteiger partial charge < -0.3 is 4.74 Å². The van der Waals surface area contributed by atoms with Crippen LogP contribution in [0.5, 0.6) is 0 Å². The van der Waals surface area contributed by atoms with Crippen LogP contribution in [0.3, 0.4) is 0 Å². The maximum Gasteiger partial charge on any atom is 0.214 e. The number of hydrogen-bond donors (Lipinski definition) is 0. The van der Waals surface area contributed by atoms with Crippen molar-refractivity contribution in [2.45, 2.75) is 32.5 Å². The summed E-state index contributed by atoms with van der Waals surface area (Å²) in [5.74, 6) is 0.151. The molecule has 1 aliphatic rings.